The van der Waals surface area contributed by atoms with E-state index in [0.717, 1.165) is 0 Å². The van der Waals surface area contributed by atoms with Crippen molar-refractivity contribution in [1.82, 2.24) is 0 Å². The third-order valence-corrected chi connectivity index (χ3v) is 4.81. The number of nitrogens with two attached hydrogens (primary N) is 1. The van der Waals surface area contributed by atoms with Gasteiger partial charge in [-0.2, -0.15) is 0 Å². The van der Waals surface area contributed by atoms with Gasteiger partial charge in [-0.05, 0) is 17.7 Å². The van der Waals surface area contributed by atoms with Crippen molar-refractivity contribution in [3.8, 4) is 5.75 Å². The van der Waals surface area contributed by atoms with E-state index in [1.54, 1.807) is 18.2 Å². The van der Waals surface area contributed by atoms with Crippen LogP contribution in [0.1, 0.15) is 11.6 Å². The summed E-state index contributed by atoms with van der Waals surface area (Å²) in [5.41, 5.74) is 6.36. The summed E-state index contributed by atoms with van der Waals surface area (Å²) in [6.07, 6.45) is -0.329. The fourth-order valence-corrected chi connectivity index (χ4v) is 3.12. The molecule has 1 aromatic carbocycles. The Balaban J connectivity index is 2.06. The van der Waals surface area contributed by atoms with E-state index in [2.05, 4.69) is 0 Å². The lowest BCUT2D eigenvalue weighted by Crippen LogP contribution is -2.45. The first kappa shape index (κ1) is 13.6. The van der Waals surface area contributed by atoms with Crippen LogP contribution in [0.5, 0.6) is 5.75 Å². The monoisotopic (exact) mass is 291 g/mol. The third kappa shape index (κ3) is 2.95. The molecule has 100 valence electrons. The third-order valence-electron chi connectivity index (χ3n) is 2.75. The second-order valence-corrected chi connectivity index (χ2v) is 6.86. The van der Waals surface area contributed by atoms with Gasteiger partial charge in [-0.15, -0.1) is 0 Å². The van der Waals surface area contributed by atoms with Gasteiger partial charge in [-0.3, -0.25) is 0 Å². The Morgan fingerprint density at radius 3 is 2.67 bits per heavy atom. The van der Waals surface area contributed by atoms with Crippen molar-refractivity contribution < 1.29 is 18.3 Å². The minimum Gasteiger partial charge on any atom is -0.487 e. The Kier molecular flexibility index (Phi) is 3.82. The molecule has 1 heterocycles. The molecule has 0 amide bonds. The van der Waals surface area contributed by atoms with Crippen LogP contribution in [0.25, 0.3) is 0 Å². The fraction of sp³-hybridized carbons (Fsp3) is 0.455. The molecule has 1 aromatic rings. The van der Waals surface area contributed by atoms with Gasteiger partial charge in [-0.1, -0.05) is 17.7 Å². The zero-order chi connectivity index (χ0) is 13.3. The van der Waals surface area contributed by atoms with Gasteiger partial charge >= 0.3 is 0 Å². The molecule has 2 rings (SSSR count). The van der Waals surface area contributed by atoms with E-state index < -0.39 is 15.9 Å². The largest absolute Gasteiger partial charge is 0.487 e. The molecule has 0 bridgehead atoms. The van der Waals surface area contributed by atoms with Crippen LogP contribution in [-0.2, 0) is 9.84 Å². The molecule has 7 heteroatoms. The zero-order valence-corrected chi connectivity index (χ0v) is 11.1. The molecule has 0 saturated carbocycles. The van der Waals surface area contributed by atoms with Crippen molar-refractivity contribution >= 4 is 21.4 Å². The van der Waals surface area contributed by atoms with Crippen molar-refractivity contribution in [2.45, 2.75) is 12.1 Å². The highest BCUT2D eigenvalue weighted by Gasteiger charge is 2.35. The topological polar surface area (TPSA) is 89.6 Å². The summed E-state index contributed by atoms with van der Waals surface area (Å²) in [7, 11) is -2.91. The van der Waals surface area contributed by atoms with Crippen LogP contribution in [0.2, 0.25) is 5.02 Å². The number of rotatable bonds is 4. The van der Waals surface area contributed by atoms with Gasteiger partial charge in [-0.25, -0.2) is 8.42 Å². The Labute approximate surface area is 110 Å². The van der Waals surface area contributed by atoms with Gasteiger partial charge in [0.25, 0.3) is 0 Å². The quantitative estimate of drug-likeness (QED) is 0.843. The van der Waals surface area contributed by atoms with Gasteiger partial charge in [0, 0.05) is 0 Å². The first-order valence-corrected chi connectivity index (χ1v) is 7.64. The molecule has 0 radical (unpaired) electrons. The minimum atomic E-state index is -2.91. The van der Waals surface area contributed by atoms with Crippen LogP contribution in [0.15, 0.2) is 18.2 Å². The van der Waals surface area contributed by atoms with Crippen LogP contribution in [0.4, 0.5) is 0 Å². The second-order valence-electron chi connectivity index (χ2n) is 4.30. The molecule has 3 N–H and O–H groups in total. The van der Waals surface area contributed by atoms with E-state index in [4.69, 9.17) is 27.2 Å². The maximum Gasteiger partial charge on any atom is 0.157 e. The average molecular weight is 292 g/mol. The summed E-state index contributed by atoms with van der Waals surface area (Å²) in [6.45, 7) is -0.169. The van der Waals surface area contributed by atoms with Crippen LogP contribution >= 0.6 is 11.6 Å². The van der Waals surface area contributed by atoms with E-state index >= 15 is 0 Å². The summed E-state index contributed by atoms with van der Waals surface area (Å²) >= 11 is 6.02. The first-order valence-electron chi connectivity index (χ1n) is 5.44. The van der Waals surface area contributed by atoms with E-state index in [1.807, 2.05) is 0 Å². The van der Waals surface area contributed by atoms with E-state index in [1.165, 1.54) is 0 Å². The lowest BCUT2D eigenvalue weighted by molar-refractivity contribution is 0.230. The smallest absolute Gasteiger partial charge is 0.157 e. The summed E-state index contributed by atoms with van der Waals surface area (Å²) in [5, 5.41) is 9.29. The van der Waals surface area contributed by atoms with Gasteiger partial charge < -0.3 is 15.6 Å². The zero-order valence-electron chi connectivity index (χ0n) is 9.54. The van der Waals surface area contributed by atoms with Crippen LogP contribution in [0, 0.1) is 0 Å². The van der Waals surface area contributed by atoms with Crippen molar-refractivity contribution in [2.75, 3.05) is 18.1 Å². The summed E-state index contributed by atoms with van der Waals surface area (Å²) < 4.78 is 27.5. The van der Waals surface area contributed by atoms with Crippen LogP contribution in [-0.4, -0.2) is 37.7 Å². The van der Waals surface area contributed by atoms with Gasteiger partial charge in [0.1, 0.15) is 11.9 Å². The van der Waals surface area contributed by atoms with E-state index in [0.29, 0.717) is 16.3 Å². The molecule has 5 nitrogen and oxygen atoms in total. The number of hydrogen-bond acceptors (Lipinski definition) is 5. The number of aliphatic hydroxyl groups excluding tert-OH is 1. The Bertz CT molecular complexity index is 534. The molecule has 1 atom stereocenters. The standard InChI is InChI=1S/C11H14ClNO4S/c12-9-3-7(10(13)4-14)1-2-11(9)17-8-5-18(15,16)6-8/h1-3,8,10,14H,4-6,13H2. The Morgan fingerprint density at radius 2 is 2.17 bits per heavy atom. The highest BCUT2D eigenvalue weighted by atomic mass is 35.5. The van der Waals surface area contributed by atoms with E-state index in [-0.39, 0.29) is 24.2 Å². The molecule has 0 spiro atoms. The molecule has 1 aliphatic rings. The van der Waals surface area contributed by atoms with Crippen molar-refractivity contribution in [2.24, 2.45) is 5.73 Å². The summed E-state index contributed by atoms with van der Waals surface area (Å²) in [4.78, 5) is 0. The van der Waals surface area contributed by atoms with Crippen LogP contribution in [0.3, 0.4) is 0 Å². The van der Waals surface area contributed by atoms with Crippen LogP contribution < -0.4 is 10.5 Å². The molecule has 0 aliphatic carbocycles. The Hall–Kier alpha value is -0.820. The number of sulfone groups is 1. The first-order chi connectivity index (χ1) is 8.41. The molecular formula is C11H14ClNO4S. The lowest BCUT2D eigenvalue weighted by atomic mass is 10.1. The maximum atomic E-state index is 11.0. The van der Waals surface area contributed by atoms with E-state index in [9.17, 15) is 8.42 Å². The number of aliphatic hydroxyl groups is 1. The van der Waals surface area contributed by atoms with Gasteiger partial charge in [0.15, 0.2) is 9.84 Å². The molecule has 1 unspecified atom stereocenters. The summed E-state index contributed by atoms with van der Waals surface area (Å²) in [6, 6.07) is 4.47. The maximum absolute atomic E-state index is 11.0. The molecule has 1 saturated heterocycles. The molecule has 1 aliphatic heterocycles. The minimum absolute atomic E-state index is 0.0290. The average Bonchev–Trinajstić information content (AvgIpc) is 2.28. The number of ether oxygens (including phenoxy) is 1. The van der Waals surface area contributed by atoms with Crippen molar-refractivity contribution in [3.05, 3.63) is 28.8 Å². The highest BCUT2D eigenvalue weighted by Crippen LogP contribution is 2.30. The Morgan fingerprint density at radius 1 is 1.50 bits per heavy atom. The summed E-state index contributed by atoms with van der Waals surface area (Å²) in [5.74, 6) is 0.494. The lowest BCUT2D eigenvalue weighted by Gasteiger charge is -2.27. The molecule has 0 aromatic heterocycles. The van der Waals surface area contributed by atoms with Crippen molar-refractivity contribution in [1.29, 1.82) is 0 Å². The van der Waals surface area contributed by atoms with Gasteiger partial charge in [0.2, 0.25) is 0 Å². The molecular weight excluding hydrogens is 278 g/mol. The fourth-order valence-electron chi connectivity index (χ4n) is 1.71. The highest BCUT2D eigenvalue weighted by molar-refractivity contribution is 7.92. The SMILES string of the molecule is NC(CO)c1ccc(OC2CS(=O)(=O)C2)c(Cl)c1. The predicted molar refractivity (Wildman–Crippen MR) is 68.5 cm³/mol. The van der Waals surface area contributed by atoms with Crippen molar-refractivity contribution in [3.63, 3.8) is 0 Å². The number of halogens is 1. The number of benzene rings is 1. The molecule has 1 fully saturated rings. The van der Waals surface area contributed by atoms with Gasteiger partial charge in [0.05, 0.1) is 29.2 Å². The normalized spacial score (nSPS) is 20.2. The molecule has 18 heavy (non-hydrogen) atoms. The number of hydrogen-bond donors (Lipinski definition) is 2. The predicted octanol–water partition coefficient (Wildman–Crippen LogP) is 0.508. The second kappa shape index (κ2) is 5.05.